The van der Waals surface area contributed by atoms with E-state index in [2.05, 4.69) is 12.2 Å². The molecule has 0 aliphatic heterocycles. The molecule has 1 unspecified atom stereocenters. The maximum absolute atomic E-state index is 11.3. The summed E-state index contributed by atoms with van der Waals surface area (Å²) < 4.78 is 4.71. The summed E-state index contributed by atoms with van der Waals surface area (Å²) >= 11 is 0. The lowest BCUT2D eigenvalue weighted by molar-refractivity contribution is -0.147. The van der Waals surface area contributed by atoms with Crippen LogP contribution in [-0.4, -0.2) is 24.7 Å². The summed E-state index contributed by atoms with van der Waals surface area (Å²) in [4.78, 5) is 11.3. The third kappa shape index (κ3) is 2.69. The van der Waals surface area contributed by atoms with Crippen LogP contribution >= 0.6 is 0 Å². The van der Waals surface area contributed by atoms with Crippen LogP contribution < -0.4 is 5.32 Å². The zero-order valence-electron chi connectivity index (χ0n) is 8.89. The summed E-state index contributed by atoms with van der Waals surface area (Å²) in [7, 11) is 1.42. The molecule has 0 heterocycles. The summed E-state index contributed by atoms with van der Waals surface area (Å²) in [5.74, 6) is 0.559. The molecular weight excluding hydrogens is 166 g/mol. The Morgan fingerprint density at radius 3 is 2.46 bits per heavy atom. The van der Waals surface area contributed by atoms with Crippen molar-refractivity contribution in [1.82, 2.24) is 5.32 Å². The fraction of sp³-hybridized carbons (Fsp3) is 0.900. The minimum atomic E-state index is -0.559. The largest absolute Gasteiger partial charge is 0.468 e. The number of carbonyl (C=O) groups is 1. The van der Waals surface area contributed by atoms with Crippen LogP contribution in [0.4, 0.5) is 0 Å². The molecular formula is C10H19NO2. The maximum atomic E-state index is 11.3. The molecule has 0 bridgehead atoms. The van der Waals surface area contributed by atoms with E-state index >= 15 is 0 Å². The molecule has 1 saturated carbocycles. The Hall–Kier alpha value is -0.570. The first-order chi connectivity index (χ1) is 5.97. The van der Waals surface area contributed by atoms with Gasteiger partial charge in [0.05, 0.1) is 7.11 Å². The van der Waals surface area contributed by atoms with Crippen molar-refractivity contribution in [2.75, 3.05) is 7.11 Å². The van der Waals surface area contributed by atoms with Crippen molar-refractivity contribution in [1.29, 1.82) is 0 Å². The SMILES string of the molecule is COC(=O)C(C)(C)NC(C)C1CC1. The molecule has 0 radical (unpaired) electrons. The van der Waals surface area contributed by atoms with Crippen LogP contribution in [0.3, 0.4) is 0 Å². The van der Waals surface area contributed by atoms with Gasteiger partial charge in [-0.15, -0.1) is 0 Å². The smallest absolute Gasteiger partial charge is 0.325 e. The molecule has 0 amide bonds. The Balaban J connectivity index is 2.44. The Kier molecular flexibility index (Phi) is 2.96. The van der Waals surface area contributed by atoms with Gasteiger partial charge in [-0.25, -0.2) is 0 Å². The lowest BCUT2D eigenvalue weighted by Crippen LogP contribution is -2.51. The summed E-state index contributed by atoms with van der Waals surface area (Å²) in [6.07, 6.45) is 2.57. The Bertz CT molecular complexity index is 197. The minimum Gasteiger partial charge on any atom is -0.468 e. The lowest BCUT2D eigenvalue weighted by atomic mass is 10.0. The molecule has 0 saturated heterocycles. The number of hydrogen-bond acceptors (Lipinski definition) is 3. The predicted octanol–water partition coefficient (Wildman–Crippen LogP) is 1.33. The molecule has 0 spiro atoms. The second-order valence-corrected chi connectivity index (χ2v) is 4.39. The highest BCUT2D eigenvalue weighted by molar-refractivity contribution is 5.79. The average molecular weight is 185 g/mol. The Labute approximate surface area is 79.8 Å². The van der Waals surface area contributed by atoms with Gasteiger partial charge in [0.25, 0.3) is 0 Å². The quantitative estimate of drug-likeness (QED) is 0.671. The van der Waals surface area contributed by atoms with Crippen LogP contribution in [0, 0.1) is 5.92 Å². The van der Waals surface area contributed by atoms with Crippen molar-refractivity contribution < 1.29 is 9.53 Å². The molecule has 1 aliphatic rings. The number of methoxy groups -OCH3 is 1. The van der Waals surface area contributed by atoms with Gasteiger partial charge < -0.3 is 4.74 Å². The lowest BCUT2D eigenvalue weighted by Gasteiger charge is -2.27. The monoisotopic (exact) mass is 185 g/mol. The van der Waals surface area contributed by atoms with Gasteiger partial charge in [0.2, 0.25) is 0 Å². The molecule has 3 heteroatoms. The molecule has 1 N–H and O–H groups in total. The van der Waals surface area contributed by atoms with Crippen molar-refractivity contribution in [3.05, 3.63) is 0 Å². The molecule has 76 valence electrons. The van der Waals surface area contributed by atoms with E-state index in [1.165, 1.54) is 20.0 Å². The fourth-order valence-electron chi connectivity index (χ4n) is 1.60. The van der Waals surface area contributed by atoms with Crippen LogP contribution in [0.15, 0.2) is 0 Å². The molecule has 0 aromatic heterocycles. The van der Waals surface area contributed by atoms with E-state index in [1.54, 1.807) is 0 Å². The molecule has 13 heavy (non-hydrogen) atoms. The van der Waals surface area contributed by atoms with Gasteiger partial charge in [-0.05, 0) is 39.5 Å². The van der Waals surface area contributed by atoms with E-state index in [-0.39, 0.29) is 5.97 Å². The number of hydrogen-bond donors (Lipinski definition) is 1. The van der Waals surface area contributed by atoms with Crippen LogP contribution in [0.5, 0.6) is 0 Å². The number of ether oxygens (including phenoxy) is 1. The molecule has 1 rings (SSSR count). The van der Waals surface area contributed by atoms with Gasteiger partial charge >= 0.3 is 5.97 Å². The van der Waals surface area contributed by atoms with Crippen molar-refractivity contribution in [2.24, 2.45) is 5.92 Å². The zero-order chi connectivity index (χ0) is 10.1. The van der Waals surface area contributed by atoms with Crippen LogP contribution in [0.25, 0.3) is 0 Å². The molecule has 0 aromatic carbocycles. The first-order valence-corrected chi connectivity index (χ1v) is 4.83. The summed E-state index contributed by atoms with van der Waals surface area (Å²) in [6, 6.07) is 0.411. The number of rotatable bonds is 4. The summed E-state index contributed by atoms with van der Waals surface area (Å²) in [6.45, 7) is 5.85. The van der Waals surface area contributed by atoms with Gasteiger partial charge in [-0.1, -0.05) is 0 Å². The predicted molar refractivity (Wildman–Crippen MR) is 51.4 cm³/mol. The van der Waals surface area contributed by atoms with Crippen LogP contribution in [0.1, 0.15) is 33.6 Å². The van der Waals surface area contributed by atoms with Gasteiger partial charge in [0.15, 0.2) is 0 Å². The Morgan fingerprint density at radius 2 is 2.08 bits per heavy atom. The first-order valence-electron chi connectivity index (χ1n) is 4.83. The topological polar surface area (TPSA) is 38.3 Å². The highest BCUT2D eigenvalue weighted by Crippen LogP contribution is 2.33. The zero-order valence-corrected chi connectivity index (χ0v) is 8.89. The van der Waals surface area contributed by atoms with Gasteiger partial charge in [-0.2, -0.15) is 0 Å². The minimum absolute atomic E-state index is 0.194. The molecule has 1 aliphatic carbocycles. The third-order valence-electron chi connectivity index (χ3n) is 2.61. The number of carbonyl (C=O) groups excluding carboxylic acids is 1. The van der Waals surface area contributed by atoms with E-state index in [4.69, 9.17) is 4.74 Å². The number of nitrogens with one attached hydrogen (secondary N) is 1. The van der Waals surface area contributed by atoms with E-state index in [0.29, 0.717) is 6.04 Å². The van der Waals surface area contributed by atoms with E-state index < -0.39 is 5.54 Å². The standard InChI is InChI=1S/C10H19NO2/c1-7(8-5-6-8)11-10(2,3)9(12)13-4/h7-8,11H,5-6H2,1-4H3. The summed E-state index contributed by atoms with van der Waals surface area (Å²) in [5, 5.41) is 3.29. The fourth-order valence-corrected chi connectivity index (χ4v) is 1.60. The van der Waals surface area contributed by atoms with Crippen molar-refractivity contribution in [3.8, 4) is 0 Å². The second-order valence-electron chi connectivity index (χ2n) is 4.39. The van der Waals surface area contributed by atoms with Crippen molar-refractivity contribution >= 4 is 5.97 Å². The van der Waals surface area contributed by atoms with E-state index in [1.807, 2.05) is 13.8 Å². The first kappa shape index (κ1) is 10.5. The molecule has 1 atom stereocenters. The summed E-state index contributed by atoms with van der Waals surface area (Å²) in [5.41, 5.74) is -0.559. The second kappa shape index (κ2) is 3.66. The van der Waals surface area contributed by atoms with Gasteiger partial charge in [0, 0.05) is 6.04 Å². The Morgan fingerprint density at radius 1 is 1.54 bits per heavy atom. The normalized spacial score (nSPS) is 19.7. The van der Waals surface area contributed by atoms with E-state index in [0.717, 1.165) is 5.92 Å². The third-order valence-corrected chi connectivity index (χ3v) is 2.61. The molecule has 0 aromatic rings. The highest BCUT2D eigenvalue weighted by atomic mass is 16.5. The van der Waals surface area contributed by atoms with Gasteiger partial charge in [0.1, 0.15) is 5.54 Å². The number of esters is 1. The van der Waals surface area contributed by atoms with Crippen LogP contribution in [-0.2, 0) is 9.53 Å². The maximum Gasteiger partial charge on any atom is 0.325 e. The van der Waals surface area contributed by atoms with Gasteiger partial charge in [-0.3, -0.25) is 10.1 Å². The van der Waals surface area contributed by atoms with Crippen molar-refractivity contribution in [2.45, 2.75) is 45.2 Å². The average Bonchev–Trinajstić information content (AvgIpc) is 2.84. The van der Waals surface area contributed by atoms with Crippen molar-refractivity contribution in [3.63, 3.8) is 0 Å². The van der Waals surface area contributed by atoms with Crippen LogP contribution in [0.2, 0.25) is 0 Å². The molecule has 3 nitrogen and oxygen atoms in total. The molecule has 1 fully saturated rings. The van der Waals surface area contributed by atoms with E-state index in [9.17, 15) is 4.79 Å². The highest BCUT2D eigenvalue weighted by Gasteiger charge is 2.35.